The molecule has 0 aromatic carbocycles. The molecule has 1 amide bonds. The van der Waals surface area contributed by atoms with Crippen molar-refractivity contribution in [3.63, 3.8) is 0 Å². The summed E-state index contributed by atoms with van der Waals surface area (Å²) >= 11 is 0. The van der Waals surface area contributed by atoms with E-state index in [2.05, 4.69) is 25.2 Å². The molecule has 0 unspecified atom stereocenters. The van der Waals surface area contributed by atoms with Crippen molar-refractivity contribution >= 4 is 47.6 Å². The Labute approximate surface area is 185 Å². The van der Waals surface area contributed by atoms with Crippen molar-refractivity contribution in [2.24, 2.45) is 5.73 Å². The van der Waals surface area contributed by atoms with E-state index < -0.39 is 0 Å². The lowest BCUT2D eigenvalue weighted by Gasteiger charge is -2.34. The van der Waals surface area contributed by atoms with E-state index in [-0.39, 0.29) is 36.5 Å². The van der Waals surface area contributed by atoms with E-state index in [1.54, 1.807) is 12.4 Å². The van der Waals surface area contributed by atoms with Crippen LogP contribution in [0.2, 0.25) is 0 Å². The minimum absolute atomic E-state index is 0. The smallest absolute Gasteiger partial charge is 0.257 e. The maximum Gasteiger partial charge on any atom is 0.257 e. The molecule has 1 aliphatic heterocycles. The number of carbonyl (C=O) groups excluding carboxylic acids is 1. The Balaban J connectivity index is 0.00000160. The van der Waals surface area contributed by atoms with Crippen molar-refractivity contribution in [1.29, 1.82) is 0 Å². The molecule has 1 saturated heterocycles. The van der Waals surface area contributed by atoms with Crippen LogP contribution in [0.25, 0.3) is 22.6 Å². The molecule has 164 valence electrons. The number of nitrogens with two attached hydrogens (primary N) is 2. The van der Waals surface area contributed by atoms with Gasteiger partial charge < -0.3 is 20.9 Å². The molecule has 0 aliphatic carbocycles. The first-order chi connectivity index (χ1) is 13.6. The summed E-state index contributed by atoms with van der Waals surface area (Å²) in [5.41, 5.74) is 13.7. The van der Waals surface area contributed by atoms with E-state index >= 15 is 0 Å². The number of imidazole rings is 1. The van der Waals surface area contributed by atoms with Gasteiger partial charge in [0.2, 0.25) is 0 Å². The average Bonchev–Trinajstić information content (AvgIpc) is 3.30. The van der Waals surface area contributed by atoms with Crippen molar-refractivity contribution in [3.05, 3.63) is 18.0 Å². The molecule has 3 aromatic heterocycles. The molecular weight excluding hydrogens is 433 g/mol. The minimum atomic E-state index is -0.0575. The summed E-state index contributed by atoms with van der Waals surface area (Å²) in [6, 6.07) is 0. The second kappa shape index (κ2) is 10.0. The third-order valence-corrected chi connectivity index (χ3v) is 5.03. The van der Waals surface area contributed by atoms with E-state index in [9.17, 15) is 4.79 Å². The number of rotatable bonds is 5. The average molecular weight is 458 g/mol. The first-order valence-electron chi connectivity index (χ1n) is 9.28. The molecule has 0 spiro atoms. The van der Waals surface area contributed by atoms with Gasteiger partial charge >= 0.3 is 0 Å². The second-order valence-electron chi connectivity index (χ2n) is 6.66. The predicted octanol–water partition coefficient (Wildman–Crippen LogP) is 0.643. The van der Waals surface area contributed by atoms with Gasteiger partial charge in [0.1, 0.15) is 5.52 Å². The summed E-state index contributed by atoms with van der Waals surface area (Å²) in [5.74, 6) is 0.603. The first kappa shape index (κ1) is 23.8. The van der Waals surface area contributed by atoms with Crippen LogP contribution in [0, 0.1) is 0 Å². The van der Waals surface area contributed by atoms with Crippen LogP contribution < -0.4 is 11.5 Å². The Morgan fingerprint density at radius 2 is 1.90 bits per heavy atom. The van der Waals surface area contributed by atoms with Crippen LogP contribution in [0.4, 0.5) is 5.82 Å². The highest BCUT2D eigenvalue weighted by Gasteiger charge is 2.27. The highest BCUT2D eigenvalue weighted by molar-refractivity contribution is 6.05. The highest BCUT2D eigenvalue weighted by Crippen LogP contribution is 2.28. The van der Waals surface area contributed by atoms with Gasteiger partial charge in [-0.1, -0.05) is 0 Å². The van der Waals surface area contributed by atoms with Crippen LogP contribution in [0.1, 0.15) is 17.3 Å². The number of aryl methyl sites for hydroxylation is 1. The van der Waals surface area contributed by atoms with Crippen LogP contribution >= 0.6 is 24.8 Å². The van der Waals surface area contributed by atoms with E-state index in [1.165, 1.54) is 0 Å². The summed E-state index contributed by atoms with van der Waals surface area (Å²) in [5, 5.41) is 7.48. The van der Waals surface area contributed by atoms with Gasteiger partial charge in [0.25, 0.3) is 5.91 Å². The van der Waals surface area contributed by atoms with Gasteiger partial charge in [0, 0.05) is 52.0 Å². The summed E-state index contributed by atoms with van der Waals surface area (Å²) in [4.78, 5) is 26.2. The zero-order chi connectivity index (χ0) is 19.7. The van der Waals surface area contributed by atoms with Gasteiger partial charge in [0.15, 0.2) is 17.3 Å². The molecule has 1 aliphatic rings. The van der Waals surface area contributed by atoms with Crippen molar-refractivity contribution in [1.82, 2.24) is 34.6 Å². The molecular formula is C17H25Cl2N9O2. The third-order valence-electron chi connectivity index (χ3n) is 5.03. The SMILES string of the molecule is CCn1c(-c2nonc2N)nc2cncc(C(=O)N3CCN(CCN)CC3)c21.Cl.Cl. The van der Waals surface area contributed by atoms with Crippen molar-refractivity contribution < 1.29 is 9.42 Å². The number of halogens is 2. The maximum atomic E-state index is 13.2. The number of carbonyl (C=O) groups is 1. The lowest BCUT2D eigenvalue weighted by molar-refractivity contribution is 0.0642. The Morgan fingerprint density at radius 1 is 1.17 bits per heavy atom. The minimum Gasteiger partial charge on any atom is -0.379 e. The van der Waals surface area contributed by atoms with Gasteiger partial charge in [-0.15, -0.1) is 24.8 Å². The number of anilines is 1. The Hall–Kier alpha value is -2.47. The number of nitrogens with zero attached hydrogens (tertiary/aromatic N) is 7. The summed E-state index contributed by atoms with van der Waals surface area (Å²) < 4.78 is 6.61. The molecule has 4 rings (SSSR count). The van der Waals surface area contributed by atoms with Crippen LogP contribution in [-0.2, 0) is 6.54 Å². The number of nitrogen functional groups attached to an aromatic ring is 1. The largest absolute Gasteiger partial charge is 0.379 e. The Kier molecular flexibility index (Phi) is 7.96. The molecule has 30 heavy (non-hydrogen) atoms. The fourth-order valence-corrected chi connectivity index (χ4v) is 3.61. The van der Waals surface area contributed by atoms with Crippen molar-refractivity contribution in [2.45, 2.75) is 13.5 Å². The third kappa shape index (κ3) is 4.19. The van der Waals surface area contributed by atoms with E-state index in [4.69, 9.17) is 16.1 Å². The number of hydrogen-bond acceptors (Lipinski definition) is 9. The predicted molar refractivity (Wildman–Crippen MR) is 117 cm³/mol. The number of amides is 1. The van der Waals surface area contributed by atoms with Crippen LogP contribution in [0.5, 0.6) is 0 Å². The number of piperazine rings is 1. The zero-order valence-corrected chi connectivity index (χ0v) is 18.2. The van der Waals surface area contributed by atoms with Gasteiger partial charge in [-0.05, 0) is 17.2 Å². The fourth-order valence-electron chi connectivity index (χ4n) is 3.61. The molecule has 0 saturated carbocycles. The standard InChI is InChI=1S/C17H23N9O2.2ClH/c1-2-26-14-11(17(27)25-7-5-24(4-3-18)6-8-25)9-20-10-12(14)21-16(26)13-15(19)23-28-22-13;;/h9-10H,2-8,18H2,1H3,(H2,19,23);2*1H. The summed E-state index contributed by atoms with van der Waals surface area (Å²) in [7, 11) is 0. The molecule has 1 fully saturated rings. The topological polar surface area (TPSA) is 145 Å². The second-order valence-corrected chi connectivity index (χ2v) is 6.66. The maximum absolute atomic E-state index is 13.2. The summed E-state index contributed by atoms with van der Waals surface area (Å²) in [6.07, 6.45) is 3.23. The van der Waals surface area contributed by atoms with Crippen LogP contribution in [0.3, 0.4) is 0 Å². The lowest BCUT2D eigenvalue weighted by Crippen LogP contribution is -2.49. The number of hydrogen-bond donors (Lipinski definition) is 2. The Bertz CT molecular complexity index is 998. The normalized spacial score (nSPS) is 14.4. The fraction of sp³-hybridized carbons (Fsp3) is 0.471. The molecule has 11 nitrogen and oxygen atoms in total. The Morgan fingerprint density at radius 3 is 2.50 bits per heavy atom. The molecule has 4 N–H and O–H groups in total. The van der Waals surface area contributed by atoms with Crippen LogP contribution in [0.15, 0.2) is 17.0 Å². The molecule has 0 atom stereocenters. The highest BCUT2D eigenvalue weighted by atomic mass is 35.5. The zero-order valence-electron chi connectivity index (χ0n) is 16.5. The number of aromatic nitrogens is 5. The van der Waals surface area contributed by atoms with E-state index in [0.29, 0.717) is 54.3 Å². The van der Waals surface area contributed by atoms with E-state index in [1.807, 2.05) is 16.4 Å². The molecule has 13 heteroatoms. The monoisotopic (exact) mass is 457 g/mol. The number of fused-ring (bicyclic) bond motifs is 1. The number of pyridine rings is 1. The molecule has 3 aromatic rings. The quantitative estimate of drug-likeness (QED) is 0.563. The van der Waals surface area contributed by atoms with Gasteiger partial charge in [-0.2, -0.15) is 0 Å². The van der Waals surface area contributed by atoms with Gasteiger partial charge in [-0.25, -0.2) is 9.61 Å². The van der Waals surface area contributed by atoms with Crippen molar-refractivity contribution in [3.8, 4) is 11.5 Å². The molecule has 0 radical (unpaired) electrons. The van der Waals surface area contributed by atoms with Gasteiger partial charge in [0.05, 0.1) is 17.3 Å². The first-order valence-corrected chi connectivity index (χ1v) is 9.28. The molecule has 4 heterocycles. The van der Waals surface area contributed by atoms with Crippen LogP contribution in [-0.4, -0.2) is 79.8 Å². The lowest BCUT2D eigenvalue weighted by atomic mass is 10.2. The summed E-state index contributed by atoms with van der Waals surface area (Å²) in [6.45, 7) is 6.94. The van der Waals surface area contributed by atoms with Crippen molar-refractivity contribution in [2.75, 3.05) is 45.0 Å². The molecule has 0 bridgehead atoms. The van der Waals surface area contributed by atoms with Gasteiger partial charge in [-0.3, -0.25) is 14.7 Å². The van der Waals surface area contributed by atoms with E-state index in [0.717, 1.165) is 19.6 Å².